The molecule has 1 aromatic carbocycles. The van der Waals surface area contributed by atoms with E-state index in [1.54, 1.807) is 10.3 Å². The lowest BCUT2D eigenvalue weighted by Crippen LogP contribution is -2.29. The number of aliphatic hydroxyl groups excluding tert-OH is 1. The summed E-state index contributed by atoms with van der Waals surface area (Å²) in [5, 5.41) is 12.1. The van der Waals surface area contributed by atoms with Gasteiger partial charge in [-0.05, 0) is 6.42 Å². The zero-order valence-corrected chi connectivity index (χ0v) is 11.1. The summed E-state index contributed by atoms with van der Waals surface area (Å²) in [5.74, 6) is -0.0880. The maximum atomic E-state index is 12.2. The van der Waals surface area contributed by atoms with Crippen LogP contribution in [0.25, 0.3) is 10.6 Å². The van der Waals surface area contributed by atoms with Crippen molar-refractivity contribution in [2.45, 2.75) is 12.5 Å². The number of likely N-dealkylation sites (tertiary alicyclic amines) is 1. The number of thiazole rings is 1. The topological polar surface area (TPSA) is 53.4 Å². The van der Waals surface area contributed by atoms with Crippen molar-refractivity contribution in [2.75, 3.05) is 13.1 Å². The second-order valence-corrected chi connectivity index (χ2v) is 5.46. The van der Waals surface area contributed by atoms with E-state index in [0.29, 0.717) is 25.2 Å². The van der Waals surface area contributed by atoms with Gasteiger partial charge in [-0.15, -0.1) is 11.3 Å². The highest BCUT2D eigenvalue weighted by Crippen LogP contribution is 2.24. The molecule has 0 radical (unpaired) electrons. The van der Waals surface area contributed by atoms with Crippen molar-refractivity contribution in [2.24, 2.45) is 0 Å². The normalized spacial score (nSPS) is 18.8. The fraction of sp³-hybridized carbons (Fsp3) is 0.286. The van der Waals surface area contributed by atoms with Crippen LogP contribution in [0.3, 0.4) is 0 Å². The van der Waals surface area contributed by atoms with Crippen molar-refractivity contribution >= 4 is 17.2 Å². The number of benzene rings is 1. The lowest BCUT2D eigenvalue weighted by atomic mass is 10.2. The van der Waals surface area contributed by atoms with Crippen molar-refractivity contribution in [1.82, 2.24) is 9.88 Å². The highest BCUT2D eigenvalue weighted by Gasteiger charge is 2.26. The second kappa shape index (κ2) is 5.11. The van der Waals surface area contributed by atoms with Crippen LogP contribution < -0.4 is 0 Å². The van der Waals surface area contributed by atoms with E-state index in [0.717, 1.165) is 10.6 Å². The van der Waals surface area contributed by atoms with Gasteiger partial charge in [0.15, 0.2) is 0 Å². The molecule has 0 bridgehead atoms. The average molecular weight is 274 g/mol. The Labute approximate surface area is 115 Å². The van der Waals surface area contributed by atoms with Gasteiger partial charge in [0.25, 0.3) is 5.91 Å². The zero-order valence-electron chi connectivity index (χ0n) is 10.3. The summed E-state index contributed by atoms with van der Waals surface area (Å²) in [6.45, 7) is 1.02. The van der Waals surface area contributed by atoms with Crippen LogP contribution in [0.4, 0.5) is 0 Å². The zero-order chi connectivity index (χ0) is 13.2. The van der Waals surface area contributed by atoms with Gasteiger partial charge in [-0.25, -0.2) is 4.98 Å². The summed E-state index contributed by atoms with van der Waals surface area (Å²) < 4.78 is 0. The smallest absolute Gasteiger partial charge is 0.273 e. The van der Waals surface area contributed by atoms with Crippen molar-refractivity contribution in [3.8, 4) is 10.6 Å². The molecule has 0 unspecified atom stereocenters. The molecule has 1 N–H and O–H groups in total. The van der Waals surface area contributed by atoms with Gasteiger partial charge in [0.05, 0.1) is 6.10 Å². The molecule has 19 heavy (non-hydrogen) atoms. The molecule has 0 spiro atoms. The fourth-order valence-corrected chi connectivity index (χ4v) is 2.97. The van der Waals surface area contributed by atoms with Gasteiger partial charge < -0.3 is 10.0 Å². The van der Waals surface area contributed by atoms with E-state index >= 15 is 0 Å². The number of nitrogens with zero attached hydrogens (tertiary/aromatic N) is 2. The summed E-state index contributed by atoms with van der Waals surface area (Å²) >= 11 is 1.47. The minimum atomic E-state index is -0.392. The summed E-state index contributed by atoms with van der Waals surface area (Å²) in [7, 11) is 0. The van der Waals surface area contributed by atoms with Crippen molar-refractivity contribution in [3.63, 3.8) is 0 Å². The Morgan fingerprint density at radius 1 is 1.37 bits per heavy atom. The summed E-state index contributed by atoms with van der Waals surface area (Å²) in [6.07, 6.45) is 0.262. The first-order chi connectivity index (χ1) is 9.24. The molecule has 1 saturated heterocycles. The summed E-state index contributed by atoms with van der Waals surface area (Å²) in [4.78, 5) is 18.3. The molecule has 1 aliphatic rings. The highest BCUT2D eigenvalue weighted by atomic mass is 32.1. The third-order valence-electron chi connectivity index (χ3n) is 3.19. The van der Waals surface area contributed by atoms with Crippen LogP contribution in [0.15, 0.2) is 35.7 Å². The lowest BCUT2D eigenvalue weighted by Gasteiger charge is -2.13. The Morgan fingerprint density at radius 3 is 2.84 bits per heavy atom. The third-order valence-corrected chi connectivity index (χ3v) is 4.09. The van der Waals surface area contributed by atoms with Gasteiger partial charge in [-0.1, -0.05) is 30.3 Å². The van der Waals surface area contributed by atoms with Gasteiger partial charge >= 0.3 is 0 Å². The molecule has 1 atom stereocenters. The maximum Gasteiger partial charge on any atom is 0.273 e. The Morgan fingerprint density at radius 2 is 2.16 bits per heavy atom. The van der Waals surface area contributed by atoms with E-state index in [9.17, 15) is 9.90 Å². The number of hydrogen-bond donors (Lipinski definition) is 1. The van der Waals surface area contributed by atoms with Crippen molar-refractivity contribution in [1.29, 1.82) is 0 Å². The second-order valence-electron chi connectivity index (χ2n) is 4.60. The first-order valence-electron chi connectivity index (χ1n) is 6.22. The van der Waals surface area contributed by atoms with E-state index in [1.807, 2.05) is 30.3 Å². The quantitative estimate of drug-likeness (QED) is 0.911. The van der Waals surface area contributed by atoms with E-state index in [-0.39, 0.29) is 5.91 Å². The number of β-amino-alcohol motifs (C(OH)–C–C–N with tert-alkyl or cyclic N) is 1. The van der Waals surface area contributed by atoms with E-state index < -0.39 is 6.10 Å². The van der Waals surface area contributed by atoms with E-state index in [1.165, 1.54) is 11.3 Å². The molecule has 5 heteroatoms. The minimum absolute atomic E-state index is 0.0880. The summed E-state index contributed by atoms with van der Waals surface area (Å²) in [5.41, 5.74) is 1.49. The molecule has 4 nitrogen and oxygen atoms in total. The minimum Gasteiger partial charge on any atom is -0.391 e. The molecule has 1 fully saturated rings. The van der Waals surface area contributed by atoms with Crippen molar-refractivity contribution in [3.05, 3.63) is 41.4 Å². The standard InChI is InChI=1S/C14H14N2O2S/c17-11-6-7-16(8-11)14(18)12-9-19-13(15-12)10-4-2-1-3-5-10/h1-5,9,11,17H,6-8H2/t11-/m1/s1. The van der Waals surface area contributed by atoms with Crippen LogP contribution in [0.2, 0.25) is 0 Å². The number of amides is 1. The predicted molar refractivity (Wildman–Crippen MR) is 74.1 cm³/mol. The molecule has 3 rings (SSSR count). The fourth-order valence-electron chi connectivity index (χ4n) is 2.17. The lowest BCUT2D eigenvalue weighted by molar-refractivity contribution is 0.0760. The molecule has 98 valence electrons. The van der Waals surface area contributed by atoms with Gasteiger partial charge in [0, 0.05) is 24.0 Å². The van der Waals surface area contributed by atoms with Crippen LogP contribution >= 0.6 is 11.3 Å². The molecule has 1 aliphatic heterocycles. The van der Waals surface area contributed by atoms with Crippen LogP contribution in [-0.4, -0.2) is 40.1 Å². The van der Waals surface area contributed by atoms with E-state index in [4.69, 9.17) is 0 Å². The first-order valence-corrected chi connectivity index (χ1v) is 7.10. The Hall–Kier alpha value is -1.72. The molecular weight excluding hydrogens is 260 g/mol. The largest absolute Gasteiger partial charge is 0.391 e. The number of aromatic nitrogens is 1. The predicted octanol–water partition coefficient (Wildman–Crippen LogP) is 2.02. The Bertz CT molecular complexity index is 582. The van der Waals surface area contributed by atoms with Crippen LogP contribution in [0, 0.1) is 0 Å². The molecule has 0 aliphatic carbocycles. The highest BCUT2D eigenvalue weighted by molar-refractivity contribution is 7.13. The van der Waals surface area contributed by atoms with Crippen LogP contribution in [-0.2, 0) is 0 Å². The molecular formula is C14H14N2O2S. The SMILES string of the molecule is O=C(c1csc(-c2ccccc2)n1)N1CC[C@@H](O)C1. The number of carbonyl (C=O) groups excluding carboxylic acids is 1. The number of aliphatic hydroxyl groups is 1. The van der Waals surface area contributed by atoms with Gasteiger partial charge in [-0.3, -0.25) is 4.79 Å². The summed E-state index contributed by atoms with van der Waals surface area (Å²) in [6, 6.07) is 9.82. The molecule has 2 heterocycles. The van der Waals surface area contributed by atoms with Crippen LogP contribution in [0.1, 0.15) is 16.9 Å². The molecule has 2 aromatic rings. The van der Waals surface area contributed by atoms with Gasteiger partial charge in [0.1, 0.15) is 10.7 Å². The first kappa shape index (κ1) is 12.3. The van der Waals surface area contributed by atoms with Crippen molar-refractivity contribution < 1.29 is 9.90 Å². The molecule has 1 aromatic heterocycles. The monoisotopic (exact) mass is 274 g/mol. The molecule has 1 amide bonds. The number of carbonyl (C=O) groups is 1. The number of rotatable bonds is 2. The Kier molecular flexibility index (Phi) is 3.31. The van der Waals surface area contributed by atoms with E-state index in [2.05, 4.69) is 4.98 Å². The van der Waals surface area contributed by atoms with Gasteiger partial charge in [0.2, 0.25) is 0 Å². The Balaban J connectivity index is 1.80. The third kappa shape index (κ3) is 2.52. The maximum absolute atomic E-state index is 12.2. The van der Waals surface area contributed by atoms with Gasteiger partial charge in [-0.2, -0.15) is 0 Å². The molecule has 0 saturated carbocycles. The number of hydrogen-bond acceptors (Lipinski definition) is 4. The average Bonchev–Trinajstić information content (AvgIpc) is 3.08. The van der Waals surface area contributed by atoms with Crippen LogP contribution in [0.5, 0.6) is 0 Å².